The highest BCUT2D eigenvalue weighted by molar-refractivity contribution is 5.97. The Labute approximate surface area is 172 Å². The van der Waals surface area contributed by atoms with Gasteiger partial charge in [-0.25, -0.2) is 0 Å². The van der Waals surface area contributed by atoms with Crippen LogP contribution in [0, 0.1) is 11.3 Å². The maximum Gasteiger partial charge on any atom is 0.266 e. The first kappa shape index (κ1) is 20.6. The number of rotatable bonds is 7. The molecule has 1 saturated heterocycles. The van der Waals surface area contributed by atoms with Crippen LogP contribution in [0.4, 0.5) is 0 Å². The fourth-order valence-electron chi connectivity index (χ4n) is 3.40. The topological polar surface area (TPSA) is 85.4 Å². The third-order valence-corrected chi connectivity index (χ3v) is 5.04. The number of carbonyl (C=O) groups is 1. The van der Waals surface area contributed by atoms with Gasteiger partial charge < -0.3 is 16.0 Å². The average Bonchev–Trinajstić information content (AvgIpc) is 2.78. The summed E-state index contributed by atoms with van der Waals surface area (Å²) in [4.78, 5) is 16.8. The molecule has 6 heteroatoms. The van der Waals surface area contributed by atoms with Gasteiger partial charge in [0.25, 0.3) is 5.91 Å². The largest absolute Gasteiger partial charge is 0.386 e. The van der Waals surface area contributed by atoms with Gasteiger partial charge in [0.15, 0.2) is 0 Å². The van der Waals surface area contributed by atoms with Crippen LogP contribution in [0.2, 0.25) is 0 Å². The second-order valence-corrected chi connectivity index (χ2v) is 7.13. The molecule has 1 amide bonds. The Balaban J connectivity index is 1.50. The molecule has 0 atom stereocenters. The van der Waals surface area contributed by atoms with Crippen molar-refractivity contribution in [3.05, 3.63) is 83.1 Å². The van der Waals surface area contributed by atoms with Gasteiger partial charge in [0, 0.05) is 52.0 Å². The SMILES string of the molecule is N#C/C(=C/NCc1cccc(CN)c1)C(=O)N1CCN(Cc2ccccc2)CC1. The summed E-state index contributed by atoms with van der Waals surface area (Å²) in [5.41, 5.74) is 9.18. The molecule has 1 fully saturated rings. The van der Waals surface area contributed by atoms with Crippen molar-refractivity contribution in [1.29, 1.82) is 5.26 Å². The number of hydrogen-bond acceptors (Lipinski definition) is 5. The average molecular weight is 390 g/mol. The maximum absolute atomic E-state index is 12.7. The van der Waals surface area contributed by atoms with Crippen LogP contribution >= 0.6 is 0 Å². The second kappa shape index (κ2) is 10.4. The molecule has 0 bridgehead atoms. The predicted octanol–water partition coefficient (Wildman–Crippen LogP) is 1.99. The summed E-state index contributed by atoms with van der Waals surface area (Å²) in [5, 5.41) is 12.5. The van der Waals surface area contributed by atoms with E-state index in [1.807, 2.05) is 48.5 Å². The number of hydrogen-bond donors (Lipinski definition) is 2. The molecule has 0 unspecified atom stereocenters. The van der Waals surface area contributed by atoms with Gasteiger partial charge in [-0.3, -0.25) is 9.69 Å². The van der Waals surface area contributed by atoms with Crippen molar-refractivity contribution in [2.75, 3.05) is 26.2 Å². The van der Waals surface area contributed by atoms with E-state index in [0.717, 1.165) is 30.8 Å². The number of carbonyl (C=O) groups excluding carboxylic acids is 1. The Kier molecular flexibility index (Phi) is 7.40. The van der Waals surface area contributed by atoms with Gasteiger partial charge in [-0.05, 0) is 16.7 Å². The molecule has 1 aliphatic heterocycles. The van der Waals surface area contributed by atoms with Crippen molar-refractivity contribution in [2.45, 2.75) is 19.6 Å². The molecule has 3 N–H and O–H groups in total. The van der Waals surface area contributed by atoms with E-state index < -0.39 is 0 Å². The standard InChI is InChI=1S/C23H27N5O/c24-14-20-7-4-8-21(13-20)16-26-17-22(15-25)23(29)28-11-9-27(10-12-28)18-19-5-2-1-3-6-19/h1-8,13,17,26H,9-12,14,16,18,24H2/b22-17-. The second-order valence-electron chi connectivity index (χ2n) is 7.13. The highest BCUT2D eigenvalue weighted by Crippen LogP contribution is 2.11. The smallest absolute Gasteiger partial charge is 0.266 e. The Morgan fingerprint density at radius 2 is 1.72 bits per heavy atom. The lowest BCUT2D eigenvalue weighted by molar-refractivity contribution is -0.128. The summed E-state index contributed by atoms with van der Waals surface area (Å²) < 4.78 is 0. The first-order valence-corrected chi connectivity index (χ1v) is 9.86. The number of nitrogens with two attached hydrogens (primary N) is 1. The molecule has 29 heavy (non-hydrogen) atoms. The molecule has 0 radical (unpaired) electrons. The summed E-state index contributed by atoms with van der Waals surface area (Å²) in [5.74, 6) is -0.213. The van der Waals surface area contributed by atoms with E-state index in [9.17, 15) is 10.1 Å². The molecule has 0 spiro atoms. The van der Waals surface area contributed by atoms with E-state index in [-0.39, 0.29) is 11.5 Å². The van der Waals surface area contributed by atoms with Crippen LogP contribution in [-0.4, -0.2) is 41.9 Å². The van der Waals surface area contributed by atoms with Crippen molar-refractivity contribution >= 4 is 5.91 Å². The maximum atomic E-state index is 12.7. The highest BCUT2D eigenvalue weighted by Gasteiger charge is 2.23. The highest BCUT2D eigenvalue weighted by atomic mass is 16.2. The molecule has 0 aromatic heterocycles. The van der Waals surface area contributed by atoms with Gasteiger partial charge >= 0.3 is 0 Å². The normalized spacial score (nSPS) is 15.0. The molecule has 1 aliphatic rings. The Hall–Kier alpha value is -3.14. The third-order valence-electron chi connectivity index (χ3n) is 5.04. The lowest BCUT2D eigenvalue weighted by Crippen LogP contribution is -2.48. The summed E-state index contributed by atoms with van der Waals surface area (Å²) >= 11 is 0. The number of nitrogens with one attached hydrogen (secondary N) is 1. The van der Waals surface area contributed by atoms with Gasteiger partial charge in [-0.2, -0.15) is 5.26 Å². The molecule has 150 valence electrons. The number of nitrogens with zero attached hydrogens (tertiary/aromatic N) is 3. The van der Waals surface area contributed by atoms with Crippen LogP contribution < -0.4 is 11.1 Å². The van der Waals surface area contributed by atoms with E-state index >= 15 is 0 Å². The lowest BCUT2D eigenvalue weighted by Gasteiger charge is -2.34. The van der Waals surface area contributed by atoms with Crippen molar-refractivity contribution in [3.8, 4) is 6.07 Å². The van der Waals surface area contributed by atoms with E-state index in [4.69, 9.17) is 5.73 Å². The fraction of sp³-hybridized carbons (Fsp3) is 0.304. The molecule has 6 nitrogen and oxygen atoms in total. The Morgan fingerprint density at radius 1 is 1.03 bits per heavy atom. The molecule has 0 saturated carbocycles. The van der Waals surface area contributed by atoms with Crippen LogP contribution in [0.3, 0.4) is 0 Å². The minimum absolute atomic E-state index is 0.136. The van der Waals surface area contributed by atoms with Gasteiger partial charge in [0.1, 0.15) is 11.6 Å². The fourth-order valence-corrected chi connectivity index (χ4v) is 3.40. The van der Waals surface area contributed by atoms with Gasteiger partial charge in [-0.1, -0.05) is 54.6 Å². The number of piperazine rings is 1. The summed E-state index contributed by atoms with van der Waals surface area (Å²) in [6.07, 6.45) is 1.52. The van der Waals surface area contributed by atoms with Crippen LogP contribution in [-0.2, 0) is 24.4 Å². The quantitative estimate of drug-likeness (QED) is 0.559. The van der Waals surface area contributed by atoms with Crippen LogP contribution in [0.1, 0.15) is 16.7 Å². The molecular weight excluding hydrogens is 362 g/mol. The monoisotopic (exact) mass is 389 g/mol. The summed E-state index contributed by atoms with van der Waals surface area (Å²) in [6, 6.07) is 20.3. The minimum Gasteiger partial charge on any atom is -0.386 e. The number of benzene rings is 2. The molecule has 3 rings (SSSR count). The molecule has 1 heterocycles. The Bertz CT molecular complexity index is 880. The van der Waals surface area contributed by atoms with E-state index in [2.05, 4.69) is 22.3 Å². The van der Waals surface area contributed by atoms with E-state index in [1.165, 1.54) is 11.8 Å². The van der Waals surface area contributed by atoms with Crippen LogP contribution in [0.25, 0.3) is 0 Å². The van der Waals surface area contributed by atoms with Gasteiger partial charge in [0.05, 0.1) is 0 Å². The first-order valence-electron chi connectivity index (χ1n) is 9.86. The van der Waals surface area contributed by atoms with E-state index in [1.54, 1.807) is 4.90 Å². The molecule has 2 aromatic carbocycles. The zero-order valence-corrected chi connectivity index (χ0v) is 16.6. The van der Waals surface area contributed by atoms with Crippen molar-refractivity contribution in [3.63, 3.8) is 0 Å². The van der Waals surface area contributed by atoms with Crippen LogP contribution in [0.15, 0.2) is 66.4 Å². The van der Waals surface area contributed by atoms with Crippen molar-refractivity contribution in [2.24, 2.45) is 5.73 Å². The van der Waals surface area contributed by atoms with E-state index in [0.29, 0.717) is 26.2 Å². The predicted molar refractivity (Wildman–Crippen MR) is 113 cm³/mol. The van der Waals surface area contributed by atoms with Gasteiger partial charge in [-0.15, -0.1) is 0 Å². The third kappa shape index (κ3) is 5.92. The Morgan fingerprint density at radius 3 is 2.41 bits per heavy atom. The number of nitriles is 1. The van der Waals surface area contributed by atoms with Crippen molar-refractivity contribution in [1.82, 2.24) is 15.1 Å². The molecular formula is C23H27N5O. The zero-order chi connectivity index (χ0) is 20.5. The summed E-state index contributed by atoms with van der Waals surface area (Å²) in [7, 11) is 0. The zero-order valence-electron chi connectivity index (χ0n) is 16.6. The van der Waals surface area contributed by atoms with Crippen LogP contribution in [0.5, 0.6) is 0 Å². The summed E-state index contributed by atoms with van der Waals surface area (Å²) in [6.45, 7) is 4.77. The first-order chi connectivity index (χ1) is 14.2. The molecule has 2 aromatic rings. The minimum atomic E-state index is -0.213. The lowest BCUT2D eigenvalue weighted by atomic mass is 10.1. The van der Waals surface area contributed by atoms with Crippen molar-refractivity contribution < 1.29 is 4.79 Å². The molecule has 0 aliphatic carbocycles. The number of amides is 1. The van der Waals surface area contributed by atoms with Gasteiger partial charge in [0.2, 0.25) is 0 Å².